The zero-order valence-electron chi connectivity index (χ0n) is 7.93. The van der Waals surface area contributed by atoms with E-state index in [9.17, 15) is 9.32 Å². The molecule has 2 aliphatic carbocycles. The molecule has 2 aliphatic rings. The molecule has 76 valence electrons. The van der Waals surface area contributed by atoms with Crippen molar-refractivity contribution >= 4 is 11.1 Å². The molecule has 0 amide bonds. The van der Waals surface area contributed by atoms with Gasteiger partial charge in [0.15, 0.2) is 11.1 Å². The Balaban J connectivity index is 2.29. The summed E-state index contributed by atoms with van der Waals surface area (Å²) in [5.74, 6) is 0.742. The molecule has 13 heavy (non-hydrogen) atoms. The molecule has 3 nitrogen and oxygen atoms in total. The minimum atomic E-state index is -1.78. The van der Waals surface area contributed by atoms with Crippen LogP contribution in [0.3, 0.4) is 0 Å². The Kier molecular flexibility index (Phi) is 2.06. The number of rotatable bonds is 1. The molecule has 0 aromatic carbocycles. The van der Waals surface area contributed by atoms with E-state index in [0.29, 0.717) is 11.8 Å². The number of hydrogen-bond donors (Lipinski definition) is 2. The first-order valence-corrected chi connectivity index (χ1v) is 5.91. The summed E-state index contributed by atoms with van der Waals surface area (Å²) in [5, 5.41) is 9.70. The van der Waals surface area contributed by atoms with Gasteiger partial charge in [0.1, 0.15) is 0 Å². The van der Waals surface area contributed by atoms with Crippen molar-refractivity contribution in [2.75, 3.05) is 0 Å². The zero-order chi connectivity index (χ0) is 9.80. The summed E-state index contributed by atoms with van der Waals surface area (Å²) in [7, 11) is 0. The van der Waals surface area contributed by atoms with Gasteiger partial charge in [-0.1, -0.05) is 13.8 Å². The summed E-state index contributed by atoms with van der Waals surface area (Å²) in [6, 6.07) is 0. The van der Waals surface area contributed by atoms with Gasteiger partial charge in [-0.05, 0) is 24.7 Å². The lowest BCUT2D eigenvalue weighted by Gasteiger charge is -2.36. The predicted octanol–water partition coefficient (Wildman–Crippen LogP) is 1.00. The molecule has 2 bridgehead atoms. The van der Waals surface area contributed by atoms with E-state index in [0.717, 1.165) is 12.8 Å². The summed E-state index contributed by atoms with van der Waals surface area (Å²) in [5.41, 5.74) is -0.316. The molecule has 2 rings (SSSR count). The molecule has 0 aromatic rings. The highest BCUT2D eigenvalue weighted by molar-refractivity contribution is 7.80. The van der Waals surface area contributed by atoms with E-state index in [1.165, 1.54) is 0 Å². The Morgan fingerprint density at radius 1 is 1.54 bits per heavy atom. The molecule has 6 unspecified atom stereocenters. The molecule has 0 aromatic heterocycles. The molecular formula is C9H16O3S. The van der Waals surface area contributed by atoms with Crippen LogP contribution in [0.5, 0.6) is 0 Å². The van der Waals surface area contributed by atoms with Gasteiger partial charge in [-0.25, -0.2) is 4.21 Å². The Morgan fingerprint density at radius 3 is 2.54 bits per heavy atom. The van der Waals surface area contributed by atoms with E-state index in [2.05, 4.69) is 0 Å². The van der Waals surface area contributed by atoms with Crippen LogP contribution < -0.4 is 0 Å². The third-order valence-electron chi connectivity index (χ3n) is 4.12. The maximum atomic E-state index is 11.0. The summed E-state index contributed by atoms with van der Waals surface area (Å²) < 4.78 is 20.2. The summed E-state index contributed by atoms with van der Waals surface area (Å²) in [6.45, 7) is 3.98. The normalized spacial score (nSPS) is 56.9. The molecule has 0 saturated heterocycles. The Hall–Kier alpha value is 0.0700. The van der Waals surface area contributed by atoms with E-state index < -0.39 is 17.2 Å². The second kappa shape index (κ2) is 2.78. The van der Waals surface area contributed by atoms with Gasteiger partial charge in [-0.3, -0.25) is 0 Å². The zero-order valence-corrected chi connectivity index (χ0v) is 8.75. The van der Waals surface area contributed by atoms with Crippen LogP contribution in [-0.2, 0) is 11.1 Å². The summed E-state index contributed by atoms with van der Waals surface area (Å²) >= 11 is -1.78. The fourth-order valence-corrected chi connectivity index (χ4v) is 4.31. The molecular weight excluding hydrogens is 188 g/mol. The van der Waals surface area contributed by atoms with Gasteiger partial charge in [-0.2, -0.15) is 0 Å². The summed E-state index contributed by atoms with van der Waals surface area (Å²) in [6.07, 6.45) is 1.32. The predicted molar refractivity (Wildman–Crippen MR) is 50.6 cm³/mol. The number of fused-ring (bicyclic) bond motifs is 2. The van der Waals surface area contributed by atoms with E-state index >= 15 is 0 Å². The van der Waals surface area contributed by atoms with Gasteiger partial charge in [-0.15, -0.1) is 0 Å². The molecule has 0 aliphatic heterocycles. The molecule has 0 spiro atoms. The van der Waals surface area contributed by atoms with Crippen molar-refractivity contribution in [1.29, 1.82) is 0 Å². The van der Waals surface area contributed by atoms with Gasteiger partial charge in [0.2, 0.25) is 0 Å². The maximum Gasteiger partial charge on any atom is 0.156 e. The van der Waals surface area contributed by atoms with Gasteiger partial charge < -0.3 is 9.66 Å². The fourth-order valence-electron chi connectivity index (χ4n) is 3.21. The average molecular weight is 204 g/mol. The first kappa shape index (κ1) is 9.62. The van der Waals surface area contributed by atoms with Crippen LogP contribution in [0.15, 0.2) is 0 Å². The van der Waals surface area contributed by atoms with E-state index in [4.69, 9.17) is 4.55 Å². The van der Waals surface area contributed by atoms with Crippen molar-refractivity contribution in [3.05, 3.63) is 0 Å². The highest BCUT2D eigenvalue weighted by Crippen LogP contribution is 2.58. The fraction of sp³-hybridized carbons (Fsp3) is 1.00. The lowest BCUT2D eigenvalue weighted by molar-refractivity contribution is 0.0194. The van der Waals surface area contributed by atoms with Crippen molar-refractivity contribution in [1.82, 2.24) is 0 Å². The quantitative estimate of drug-likeness (QED) is 0.627. The van der Waals surface area contributed by atoms with E-state index in [-0.39, 0.29) is 10.7 Å². The second-order valence-electron chi connectivity index (χ2n) is 4.77. The molecule has 0 radical (unpaired) electrons. The van der Waals surface area contributed by atoms with Gasteiger partial charge >= 0.3 is 0 Å². The molecule has 2 saturated carbocycles. The van der Waals surface area contributed by atoms with Crippen LogP contribution in [-0.4, -0.2) is 25.2 Å². The molecule has 2 fully saturated rings. The van der Waals surface area contributed by atoms with Crippen LogP contribution in [0.4, 0.5) is 0 Å². The monoisotopic (exact) mass is 204 g/mol. The van der Waals surface area contributed by atoms with Gasteiger partial charge in [0, 0.05) is 5.41 Å². The first-order chi connectivity index (χ1) is 5.97. The summed E-state index contributed by atoms with van der Waals surface area (Å²) in [4.78, 5) is 0. The minimum absolute atomic E-state index is 0.219. The van der Waals surface area contributed by atoms with Crippen molar-refractivity contribution in [3.8, 4) is 0 Å². The average Bonchev–Trinajstić information content (AvgIpc) is 2.49. The molecule has 2 N–H and O–H groups in total. The molecule has 4 heteroatoms. The van der Waals surface area contributed by atoms with Crippen molar-refractivity contribution in [2.24, 2.45) is 17.3 Å². The minimum Gasteiger partial charge on any atom is -0.392 e. The van der Waals surface area contributed by atoms with Gasteiger partial charge in [0.25, 0.3) is 0 Å². The highest BCUT2D eigenvalue weighted by atomic mass is 32.2. The van der Waals surface area contributed by atoms with E-state index in [1.54, 1.807) is 0 Å². The topological polar surface area (TPSA) is 57.5 Å². The van der Waals surface area contributed by atoms with Crippen molar-refractivity contribution in [2.45, 2.75) is 38.0 Å². The number of aliphatic hydroxyl groups excluding tert-OH is 1. The van der Waals surface area contributed by atoms with Crippen LogP contribution >= 0.6 is 0 Å². The Labute approximate surface area is 80.8 Å². The smallest absolute Gasteiger partial charge is 0.156 e. The van der Waals surface area contributed by atoms with Crippen molar-refractivity contribution < 1.29 is 13.9 Å². The van der Waals surface area contributed by atoms with Gasteiger partial charge in [0.05, 0.1) is 11.4 Å². The van der Waals surface area contributed by atoms with Crippen molar-refractivity contribution in [3.63, 3.8) is 0 Å². The molecule has 0 heterocycles. The van der Waals surface area contributed by atoms with Crippen LogP contribution in [0.25, 0.3) is 0 Å². The van der Waals surface area contributed by atoms with Crippen LogP contribution in [0, 0.1) is 17.3 Å². The number of hydrogen-bond acceptors (Lipinski definition) is 2. The van der Waals surface area contributed by atoms with Crippen LogP contribution in [0.2, 0.25) is 0 Å². The lowest BCUT2D eigenvalue weighted by Crippen LogP contribution is -2.44. The highest BCUT2D eigenvalue weighted by Gasteiger charge is 2.60. The molecule has 6 atom stereocenters. The Morgan fingerprint density at radius 2 is 2.15 bits per heavy atom. The standard InChI is InChI=1S/C9H16O3S/c1-5-6-3-7(13(11)12)9(2,4-6)8(5)10/h5-8,10H,3-4H2,1-2H3,(H,11,12). The third kappa shape index (κ3) is 1.12. The lowest BCUT2D eigenvalue weighted by atomic mass is 9.79. The van der Waals surface area contributed by atoms with E-state index in [1.807, 2.05) is 13.8 Å². The second-order valence-corrected chi connectivity index (χ2v) is 5.90. The first-order valence-electron chi connectivity index (χ1n) is 4.74. The van der Waals surface area contributed by atoms with Crippen LogP contribution in [0.1, 0.15) is 26.7 Å². The number of aliphatic hydroxyl groups is 1. The maximum absolute atomic E-state index is 11.0. The third-order valence-corrected chi connectivity index (χ3v) is 5.33. The largest absolute Gasteiger partial charge is 0.392 e. The SMILES string of the molecule is CC1C2CC(S(=O)O)C(C)(C2)C1O. The Bertz CT molecular complexity index is 255.